The molecule has 0 fully saturated rings. The van der Waals surface area contributed by atoms with Crippen molar-refractivity contribution in [2.24, 2.45) is 0 Å². The van der Waals surface area contributed by atoms with Gasteiger partial charge in [-0.15, -0.1) is 0 Å². The molecule has 0 spiro atoms. The van der Waals surface area contributed by atoms with Crippen LogP contribution in [0.4, 0.5) is 10.1 Å². The maximum atomic E-state index is 12.9. The summed E-state index contributed by atoms with van der Waals surface area (Å²) in [4.78, 5) is 34.7. The van der Waals surface area contributed by atoms with Crippen LogP contribution >= 0.6 is 0 Å². The average molecular weight is 346 g/mol. The molecule has 2 rings (SSSR count). The fourth-order valence-electron chi connectivity index (χ4n) is 2.26. The SMILES string of the molecule is COC(=O)[C@H](Cc1ccccc1[N+](=O)[O-])NC(=O)c1ccc(F)cc1. The van der Waals surface area contributed by atoms with E-state index in [0.717, 1.165) is 19.2 Å². The summed E-state index contributed by atoms with van der Waals surface area (Å²) in [5, 5.41) is 13.5. The molecule has 0 bridgehead atoms. The predicted octanol–water partition coefficient (Wildman–Crippen LogP) is 2.25. The van der Waals surface area contributed by atoms with E-state index in [0.29, 0.717) is 0 Å². The van der Waals surface area contributed by atoms with Crippen molar-refractivity contribution >= 4 is 17.6 Å². The summed E-state index contributed by atoms with van der Waals surface area (Å²) >= 11 is 0. The van der Waals surface area contributed by atoms with Crippen LogP contribution in [-0.4, -0.2) is 30.0 Å². The largest absolute Gasteiger partial charge is 0.467 e. The number of hydrogen-bond acceptors (Lipinski definition) is 5. The minimum Gasteiger partial charge on any atom is -0.467 e. The van der Waals surface area contributed by atoms with Crippen molar-refractivity contribution < 1.29 is 23.6 Å². The molecule has 0 heterocycles. The zero-order chi connectivity index (χ0) is 18.4. The van der Waals surface area contributed by atoms with E-state index in [9.17, 15) is 24.1 Å². The maximum absolute atomic E-state index is 12.9. The van der Waals surface area contributed by atoms with E-state index in [2.05, 4.69) is 10.1 Å². The number of nitro groups is 1. The Labute approximate surface area is 142 Å². The number of para-hydroxylation sites is 1. The number of carbonyl (C=O) groups excluding carboxylic acids is 2. The molecule has 8 heteroatoms. The van der Waals surface area contributed by atoms with Gasteiger partial charge in [0.15, 0.2) is 0 Å². The highest BCUT2D eigenvalue weighted by Crippen LogP contribution is 2.19. The van der Waals surface area contributed by atoms with Gasteiger partial charge in [-0.25, -0.2) is 9.18 Å². The first-order valence-electron chi connectivity index (χ1n) is 7.29. The molecule has 0 radical (unpaired) electrons. The Morgan fingerprint density at radius 3 is 2.44 bits per heavy atom. The third-order valence-corrected chi connectivity index (χ3v) is 3.51. The number of halogens is 1. The third-order valence-electron chi connectivity index (χ3n) is 3.51. The Morgan fingerprint density at radius 1 is 1.20 bits per heavy atom. The van der Waals surface area contributed by atoms with Gasteiger partial charge in [-0.3, -0.25) is 14.9 Å². The number of methoxy groups -OCH3 is 1. The van der Waals surface area contributed by atoms with Crippen LogP contribution in [0.1, 0.15) is 15.9 Å². The van der Waals surface area contributed by atoms with Crippen LogP contribution in [0, 0.1) is 15.9 Å². The lowest BCUT2D eigenvalue weighted by Gasteiger charge is -2.16. The number of nitrogens with one attached hydrogen (secondary N) is 1. The number of nitrogens with zero attached hydrogens (tertiary/aromatic N) is 1. The zero-order valence-electron chi connectivity index (χ0n) is 13.3. The van der Waals surface area contributed by atoms with Gasteiger partial charge in [0.25, 0.3) is 11.6 Å². The topological polar surface area (TPSA) is 98.5 Å². The molecule has 0 aliphatic rings. The van der Waals surface area contributed by atoms with Crippen molar-refractivity contribution in [3.8, 4) is 0 Å². The highest BCUT2D eigenvalue weighted by Gasteiger charge is 2.26. The Bertz CT molecular complexity index is 792. The molecule has 0 aromatic heterocycles. The van der Waals surface area contributed by atoms with Crippen LogP contribution in [0.25, 0.3) is 0 Å². The van der Waals surface area contributed by atoms with E-state index < -0.39 is 28.7 Å². The number of esters is 1. The second kappa shape index (κ2) is 8.00. The molecule has 1 amide bonds. The molecule has 130 valence electrons. The third kappa shape index (κ3) is 4.60. The Hall–Kier alpha value is -3.29. The normalized spacial score (nSPS) is 11.4. The van der Waals surface area contributed by atoms with Gasteiger partial charge in [0.05, 0.1) is 12.0 Å². The van der Waals surface area contributed by atoms with Crippen LogP contribution in [0.15, 0.2) is 48.5 Å². The lowest BCUT2D eigenvalue weighted by molar-refractivity contribution is -0.385. The summed E-state index contributed by atoms with van der Waals surface area (Å²) in [5.74, 6) is -1.86. The van der Waals surface area contributed by atoms with E-state index in [1.807, 2.05) is 0 Å². The molecule has 0 aliphatic carbocycles. The van der Waals surface area contributed by atoms with Gasteiger partial charge in [0.2, 0.25) is 0 Å². The fourth-order valence-corrected chi connectivity index (χ4v) is 2.26. The molecular formula is C17H15FN2O5. The summed E-state index contributed by atoms with van der Waals surface area (Å²) < 4.78 is 17.6. The lowest BCUT2D eigenvalue weighted by Crippen LogP contribution is -2.43. The number of hydrogen-bond donors (Lipinski definition) is 1. The number of ether oxygens (including phenoxy) is 1. The van der Waals surface area contributed by atoms with Gasteiger partial charge in [0.1, 0.15) is 11.9 Å². The Balaban J connectivity index is 2.22. The smallest absolute Gasteiger partial charge is 0.328 e. The van der Waals surface area contributed by atoms with Gasteiger partial charge >= 0.3 is 5.97 Å². The van der Waals surface area contributed by atoms with Crippen LogP contribution in [-0.2, 0) is 16.0 Å². The van der Waals surface area contributed by atoms with Gasteiger partial charge in [-0.05, 0) is 24.3 Å². The molecular weight excluding hydrogens is 331 g/mol. The average Bonchev–Trinajstić information content (AvgIpc) is 2.61. The van der Waals surface area contributed by atoms with Crippen molar-refractivity contribution in [1.29, 1.82) is 0 Å². The lowest BCUT2D eigenvalue weighted by atomic mass is 10.0. The van der Waals surface area contributed by atoms with Gasteiger partial charge < -0.3 is 10.1 Å². The van der Waals surface area contributed by atoms with E-state index in [4.69, 9.17) is 0 Å². The highest BCUT2D eigenvalue weighted by atomic mass is 19.1. The summed E-state index contributed by atoms with van der Waals surface area (Å²) in [5.41, 5.74) is 0.271. The monoisotopic (exact) mass is 346 g/mol. The first-order chi connectivity index (χ1) is 11.9. The number of nitro benzene ring substituents is 1. The Kier molecular flexibility index (Phi) is 5.78. The summed E-state index contributed by atoms with van der Waals surface area (Å²) in [7, 11) is 1.15. The highest BCUT2D eigenvalue weighted by molar-refractivity contribution is 5.96. The quantitative estimate of drug-likeness (QED) is 0.491. The molecule has 1 atom stereocenters. The van der Waals surface area contributed by atoms with Crippen molar-refractivity contribution in [3.05, 3.63) is 75.6 Å². The molecule has 7 nitrogen and oxygen atoms in total. The molecule has 25 heavy (non-hydrogen) atoms. The minimum atomic E-state index is -1.12. The maximum Gasteiger partial charge on any atom is 0.328 e. The van der Waals surface area contributed by atoms with Crippen molar-refractivity contribution in [2.75, 3.05) is 7.11 Å². The number of rotatable bonds is 6. The van der Waals surface area contributed by atoms with Crippen LogP contribution in [0.5, 0.6) is 0 Å². The number of amides is 1. The Morgan fingerprint density at radius 2 is 1.84 bits per heavy atom. The zero-order valence-corrected chi connectivity index (χ0v) is 13.3. The first-order valence-corrected chi connectivity index (χ1v) is 7.29. The van der Waals surface area contributed by atoms with Gasteiger partial charge in [0, 0.05) is 23.6 Å². The van der Waals surface area contributed by atoms with Gasteiger partial charge in [-0.1, -0.05) is 18.2 Å². The second-order valence-electron chi connectivity index (χ2n) is 5.15. The molecule has 2 aromatic carbocycles. The molecule has 0 aliphatic heterocycles. The van der Waals surface area contributed by atoms with Gasteiger partial charge in [-0.2, -0.15) is 0 Å². The molecule has 1 N–H and O–H groups in total. The van der Waals surface area contributed by atoms with E-state index >= 15 is 0 Å². The number of carbonyl (C=O) groups is 2. The van der Waals surface area contributed by atoms with Crippen molar-refractivity contribution in [2.45, 2.75) is 12.5 Å². The fraction of sp³-hybridized carbons (Fsp3) is 0.176. The summed E-state index contributed by atoms with van der Waals surface area (Å²) in [6.07, 6.45) is -0.114. The summed E-state index contributed by atoms with van der Waals surface area (Å²) in [6, 6.07) is 9.56. The van der Waals surface area contributed by atoms with E-state index in [1.54, 1.807) is 6.07 Å². The molecule has 2 aromatic rings. The van der Waals surface area contributed by atoms with Crippen molar-refractivity contribution in [3.63, 3.8) is 0 Å². The summed E-state index contributed by atoms with van der Waals surface area (Å²) in [6.45, 7) is 0. The molecule has 0 unspecified atom stereocenters. The van der Waals surface area contributed by atoms with E-state index in [1.165, 1.54) is 30.3 Å². The molecule has 0 saturated carbocycles. The predicted molar refractivity (Wildman–Crippen MR) is 86.5 cm³/mol. The minimum absolute atomic E-state index is 0.114. The van der Waals surface area contributed by atoms with Crippen molar-refractivity contribution in [1.82, 2.24) is 5.32 Å². The van der Waals surface area contributed by atoms with Crippen LogP contribution in [0.2, 0.25) is 0 Å². The standard InChI is InChI=1S/C17H15FN2O5/c1-25-17(22)14(10-12-4-2-3-5-15(12)20(23)24)19-16(21)11-6-8-13(18)9-7-11/h2-9,14H,10H2,1H3,(H,19,21)/t14-/m0/s1. The van der Waals surface area contributed by atoms with Crippen LogP contribution in [0.3, 0.4) is 0 Å². The second-order valence-corrected chi connectivity index (χ2v) is 5.15. The molecule has 0 saturated heterocycles. The van der Waals surface area contributed by atoms with E-state index in [-0.39, 0.29) is 23.2 Å². The van der Waals surface area contributed by atoms with Crippen LogP contribution < -0.4 is 5.32 Å². The number of benzene rings is 2. The first kappa shape index (κ1) is 18.1.